The number of fused-ring (bicyclic) bond motifs is 1. The van der Waals surface area contributed by atoms with Crippen LogP contribution in [0.1, 0.15) is 19.3 Å². The van der Waals surface area contributed by atoms with E-state index in [0.717, 1.165) is 25.9 Å². The molecule has 3 atom stereocenters. The molecule has 5 nitrogen and oxygen atoms in total. The Morgan fingerprint density at radius 3 is 3.06 bits per heavy atom. The van der Waals surface area contributed by atoms with Crippen molar-refractivity contribution in [2.45, 2.75) is 37.5 Å². The summed E-state index contributed by atoms with van der Waals surface area (Å²) in [5.74, 6) is 0.297. The summed E-state index contributed by atoms with van der Waals surface area (Å²) in [5, 5.41) is 3.45. The van der Waals surface area contributed by atoms with E-state index in [1.807, 2.05) is 4.90 Å². The third-order valence-electron chi connectivity index (χ3n) is 3.77. The number of nitrogens with one attached hydrogen (secondary N) is 1. The highest BCUT2D eigenvalue weighted by Crippen LogP contribution is 2.28. The Kier molecular flexibility index (Phi) is 4.36. The van der Waals surface area contributed by atoms with Gasteiger partial charge in [0.05, 0.1) is 12.7 Å². The van der Waals surface area contributed by atoms with E-state index in [1.54, 1.807) is 14.2 Å². The summed E-state index contributed by atoms with van der Waals surface area (Å²) >= 11 is 0. The van der Waals surface area contributed by atoms with E-state index in [1.165, 1.54) is 0 Å². The van der Waals surface area contributed by atoms with Gasteiger partial charge in [-0.1, -0.05) is 0 Å². The quantitative estimate of drug-likeness (QED) is 0.712. The van der Waals surface area contributed by atoms with Crippen molar-refractivity contribution in [3.05, 3.63) is 0 Å². The second-order valence-corrected chi connectivity index (χ2v) is 4.83. The van der Waals surface area contributed by atoms with Gasteiger partial charge in [-0.25, -0.2) is 0 Å². The molecule has 3 unspecified atom stereocenters. The topological polar surface area (TPSA) is 50.8 Å². The van der Waals surface area contributed by atoms with Gasteiger partial charge in [0.2, 0.25) is 5.91 Å². The Bertz CT molecular complexity index is 272. The molecule has 1 N–H and O–H groups in total. The number of hydrogen-bond donors (Lipinski definition) is 1. The number of carbonyl (C=O) groups is 1. The minimum atomic E-state index is 0.0607. The van der Waals surface area contributed by atoms with Crippen molar-refractivity contribution in [2.24, 2.45) is 0 Å². The first kappa shape index (κ1) is 12.8. The molecular formula is C12H22N2O3. The Balaban J connectivity index is 1.81. The van der Waals surface area contributed by atoms with Gasteiger partial charge in [0.1, 0.15) is 0 Å². The normalized spacial score (nSPS) is 29.8. The number of methoxy groups -OCH3 is 2. The van der Waals surface area contributed by atoms with E-state index in [4.69, 9.17) is 9.47 Å². The SMILES string of the molecule is COCC(CNC1CC(=O)N2CCCC12)OC. The van der Waals surface area contributed by atoms with Gasteiger partial charge < -0.3 is 19.7 Å². The third-order valence-corrected chi connectivity index (χ3v) is 3.77. The summed E-state index contributed by atoms with van der Waals surface area (Å²) in [6.07, 6.45) is 2.96. The number of rotatable bonds is 6. The highest BCUT2D eigenvalue weighted by atomic mass is 16.5. The molecule has 0 spiro atoms. The maximum Gasteiger partial charge on any atom is 0.224 e. The number of nitrogens with zero attached hydrogens (tertiary/aromatic N) is 1. The van der Waals surface area contributed by atoms with E-state index in [-0.39, 0.29) is 6.10 Å². The number of amides is 1. The number of ether oxygens (including phenoxy) is 2. The van der Waals surface area contributed by atoms with Gasteiger partial charge in [0, 0.05) is 45.8 Å². The van der Waals surface area contributed by atoms with Crippen molar-refractivity contribution in [1.82, 2.24) is 10.2 Å². The molecule has 0 aliphatic carbocycles. The Labute approximate surface area is 102 Å². The zero-order chi connectivity index (χ0) is 12.3. The van der Waals surface area contributed by atoms with Crippen LogP contribution < -0.4 is 5.32 Å². The van der Waals surface area contributed by atoms with Crippen LogP contribution in [0.2, 0.25) is 0 Å². The predicted octanol–water partition coefficient (Wildman–Crippen LogP) is 0.000700. The van der Waals surface area contributed by atoms with Crippen LogP contribution in [-0.2, 0) is 14.3 Å². The summed E-state index contributed by atoms with van der Waals surface area (Å²) in [4.78, 5) is 13.8. The first-order valence-corrected chi connectivity index (χ1v) is 6.31. The number of hydrogen-bond acceptors (Lipinski definition) is 4. The van der Waals surface area contributed by atoms with Crippen molar-refractivity contribution < 1.29 is 14.3 Å². The zero-order valence-corrected chi connectivity index (χ0v) is 10.6. The van der Waals surface area contributed by atoms with E-state index in [2.05, 4.69) is 5.32 Å². The van der Waals surface area contributed by atoms with E-state index in [0.29, 0.717) is 31.0 Å². The lowest BCUT2D eigenvalue weighted by atomic mass is 10.1. The lowest BCUT2D eigenvalue weighted by Gasteiger charge is -2.23. The van der Waals surface area contributed by atoms with Crippen LogP contribution in [0.25, 0.3) is 0 Å². The summed E-state index contributed by atoms with van der Waals surface area (Å²) < 4.78 is 10.4. The maximum atomic E-state index is 11.7. The lowest BCUT2D eigenvalue weighted by molar-refractivity contribution is -0.127. The van der Waals surface area contributed by atoms with E-state index in [9.17, 15) is 4.79 Å². The van der Waals surface area contributed by atoms with Crippen molar-refractivity contribution >= 4 is 5.91 Å². The summed E-state index contributed by atoms with van der Waals surface area (Å²) in [5.41, 5.74) is 0. The molecule has 2 rings (SSSR count). The van der Waals surface area contributed by atoms with Crippen LogP contribution in [-0.4, -0.2) is 62.9 Å². The highest BCUT2D eigenvalue weighted by Gasteiger charge is 2.42. The lowest BCUT2D eigenvalue weighted by Crippen LogP contribution is -2.43. The minimum Gasteiger partial charge on any atom is -0.382 e. The molecule has 0 aromatic carbocycles. The summed E-state index contributed by atoms with van der Waals surface area (Å²) in [6.45, 7) is 2.26. The minimum absolute atomic E-state index is 0.0607. The monoisotopic (exact) mass is 242 g/mol. The average Bonchev–Trinajstić information content (AvgIpc) is 2.90. The molecule has 2 aliphatic rings. The van der Waals surface area contributed by atoms with Gasteiger partial charge in [-0.2, -0.15) is 0 Å². The molecule has 0 aromatic heterocycles. The molecule has 2 saturated heterocycles. The van der Waals surface area contributed by atoms with Crippen LogP contribution >= 0.6 is 0 Å². The Morgan fingerprint density at radius 1 is 1.53 bits per heavy atom. The third kappa shape index (κ3) is 2.78. The molecule has 5 heteroatoms. The fourth-order valence-electron chi connectivity index (χ4n) is 2.85. The van der Waals surface area contributed by atoms with Gasteiger partial charge in [-0.15, -0.1) is 0 Å². The molecule has 1 amide bonds. The molecule has 98 valence electrons. The van der Waals surface area contributed by atoms with Crippen molar-refractivity contribution in [1.29, 1.82) is 0 Å². The first-order valence-electron chi connectivity index (χ1n) is 6.31. The highest BCUT2D eigenvalue weighted by molar-refractivity contribution is 5.80. The van der Waals surface area contributed by atoms with Gasteiger partial charge in [0.25, 0.3) is 0 Å². The Morgan fingerprint density at radius 2 is 2.35 bits per heavy atom. The second kappa shape index (κ2) is 5.80. The molecule has 17 heavy (non-hydrogen) atoms. The van der Waals surface area contributed by atoms with Gasteiger partial charge in [0.15, 0.2) is 0 Å². The fourth-order valence-corrected chi connectivity index (χ4v) is 2.85. The van der Waals surface area contributed by atoms with Crippen LogP contribution in [0.15, 0.2) is 0 Å². The zero-order valence-electron chi connectivity index (χ0n) is 10.6. The van der Waals surface area contributed by atoms with Crippen molar-refractivity contribution in [3.8, 4) is 0 Å². The van der Waals surface area contributed by atoms with Crippen molar-refractivity contribution in [3.63, 3.8) is 0 Å². The largest absolute Gasteiger partial charge is 0.382 e. The van der Waals surface area contributed by atoms with Crippen LogP contribution in [0.5, 0.6) is 0 Å². The fraction of sp³-hybridized carbons (Fsp3) is 0.917. The van der Waals surface area contributed by atoms with Gasteiger partial charge >= 0.3 is 0 Å². The van der Waals surface area contributed by atoms with E-state index < -0.39 is 0 Å². The molecule has 2 fully saturated rings. The molecule has 0 radical (unpaired) electrons. The first-order chi connectivity index (χ1) is 8.26. The van der Waals surface area contributed by atoms with Crippen molar-refractivity contribution in [2.75, 3.05) is 33.9 Å². The van der Waals surface area contributed by atoms with Crippen LogP contribution in [0, 0.1) is 0 Å². The van der Waals surface area contributed by atoms with Gasteiger partial charge in [-0.3, -0.25) is 4.79 Å². The molecule has 2 aliphatic heterocycles. The van der Waals surface area contributed by atoms with Crippen LogP contribution in [0.3, 0.4) is 0 Å². The molecule has 0 bridgehead atoms. The summed E-state index contributed by atoms with van der Waals surface area (Å²) in [7, 11) is 3.36. The number of carbonyl (C=O) groups excluding carboxylic acids is 1. The van der Waals surface area contributed by atoms with Gasteiger partial charge in [-0.05, 0) is 12.8 Å². The molecular weight excluding hydrogens is 220 g/mol. The Hall–Kier alpha value is -0.650. The molecule has 2 heterocycles. The summed E-state index contributed by atoms with van der Waals surface area (Å²) in [6, 6.07) is 0.696. The van der Waals surface area contributed by atoms with Crippen LogP contribution in [0.4, 0.5) is 0 Å². The van der Waals surface area contributed by atoms with E-state index >= 15 is 0 Å². The standard InChI is InChI=1S/C12H22N2O3/c1-16-8-9(17-2)7-13-10-6-12(15)14-5-3-4-11(10)14/h9-11,13H,3-8H2,1-2H3. The molecule has 0 saturated carbocycles. The predicted molar refractivity (Wildman–Crippen MR) is 63.8 cm³/mol. The maximum absolute atomic E-state index is 11.7. The second-order valence-electron chi connectivity index (χ2n) is 4.83. The average molecular weight is 242 g/mol. The smallest absolute Gasteiger partial charge is 0.224 e. The molecule has 0 aromatic rings.